The Morgan fingerprint density at radius 1 is 1.20 bits per heavy atom. The molecule has 0 radical (unpaired) electrons. The van der Waals surface area contributed by atoms with E-state index in [1.165, 1.54) is 0 Å². The van der Waals surface area contributed by atoms with E-state index in [1.54, 1.807) is 25.6 Å². The van der Waals surface area contributed by atoms with E-state index in [9.17, 15) is 0 Å². The zero-order valence-corrected chi connectivity index (χ0v) is 12.9. The molecule has 0 spiro atoms. The lowest BCUT2D eigenvalue weighted by molar-refractivity contribution is 0.355. The van der Waals surface area contributed by atoms with Gasteiger partial charge in [0.1, 0.15) is 5.01 Å². The van der Waals surface area contributed by atoms with Crippen LogP contribution in [0.25, 0.3) is 10.6 Å². The molecule has 0 aliphatic carbocycles. The van der Waals surface area contributed by atoms with Crippen LogP contribution in [0.3, 0.4) is 0 Å². The van der Waals surface area contributed by atoms with E-state index in [4.69, 9.17) is 9.47 Å². The highest BCUT2D eigenvalue weighted by atomic mass is 32.1. The number of aromatic nitrogens is 1. The Labute approximate surface area is 123 Å². The number of nitrogens with zero attached hydrogens (tertiary/aromatic N) is 1. The topological polar surface area (TPSA) is 43.4 Å². The average Bonchev–Trinajstić information content (AvgIpc) is 2.95. The summed E-state index contributed by atoms with van der Waals surface area (Å²) in [5.41, 5.74) is 2.13. The predicted octanol–water partition coefficient (Wildman–Crippen LogP) is 3.33. The number of thiazole rings is 1. The molecule has 0 atom stereocenters. The summed E-state index contributed by atoms with van der Waals surface area (Å²) in [6.07, 6.45) is 1.13. The fourth-order valence-electron chi connectivity index (χ4n) is 1.88. The van der Waals surface area contributed by atoms with Gasteiger partial charge in [0.15, 0.2) is 11.5 Å². The Morgan fingerprint density at radius 3 is 2.70 bits per heavy atom. The van der Waals surface area contributed by atoms with Gasteiger partial charge in [0.25, 0.3) is 0 Å². The summed E-state index contributed by atoms with van der Waals surface area (Å²) in [5, 5.41) is 6.45. The van der Waals surface area contributed by atoms with Crippen LogP contribution in [0.5, 0.6) is 11.5 Å². The van der Waals surface area contributed by atoms with Crippen LogP contribution in [0.4, 0.5) is 0 Å². The second-order valence-electron chi connectivity index (χ2n) is 4.39. The predicted molar refractivity (Wildman–Crippen MR) is 82.7 cm³/mol. The van der Waals surface area contributed by atoms with Crippen molar-refractivity contribution in [1.82, 2.24) is 10.3 Å². The van der Waals surface area contributed by atoms with Crippen molar-refractivity contribution in [1.29, 1.82) is 0 Å². The van der Waals surface area contributed by atoms with E-state index in [0.717, 1.165) is 47.3 Å². The lowest BCUT2D eigenvalue weighted by Crippen LogP contribution is -2.13. The van der Waals surface area contributed by atoms with Crippen molar-refractivity contribution in [2.24, 2.45) is 0 Å². The Kier molecular flexibility index (Phi) is 5.38. The molecule has 1 aromatic carbocycles. The van der Waals surface area contributed by atoms with E-state index in [2.05, 4.69) is 22.6 Å². The van der Waals surface area contributed by atoms with Gasteiger partial charge in [-0.25, -0.2) is 4.98 Å². The zero-order valence-electron chi connectivity index (χ0n) is 12.1. The summed E-state index contributed by atoms with van der Waals surface area (Å²) >= 11 is 1.65. The van der Waals surface area contributed by atoms with Crippen LogP contribution in [0.2, 0.25) is 0 Å². The number of benzene rings is 1. The molecule has 108 valence electrons. The van der Waals surface area contributed by atoms with Crippen molar-refractivity contribution in [3.05, 3.63) is 29.3 Å². The Bertz CT molecular complexity index is 555. The molecule has 0 fully saturated rings. The first-order valence-electron chi connectivity index (χ1n) is 6.66. The van der Waals surface area contributed by atoms with Crippen molar-refractivity contribution < 1.29 is 9.47 Å². The molecule has 5 heteroatoms. The van der Waals surface area contributed by atoms with Gasteiger partial charge in [-0.1, -0.05) is 6.92 Å². The molecule has 1 aromatic heterocycles. The molecule has 2 aromatic rings. The Morgan fingerprint density at radius 2 is 2.00 bits per heavy atom. The summed E-state index contributed by atoms with van der Waals surface area (Å²) in [5.74, 6) is 1.46. The summed E-state index contributed by atoms with van der Waals surface area (Å²) in [7, 11) is 3.28. The number of nitrogens with one attached hydrogen (secondary N) is 1. The summed E-state index contributed by atoms with van der Waals surface area (Å²) < 4.78 is 10.6. The van der Waals surface area contributed by atoms with E-state index in [-0.39, 0.29) is 0 Å². The molecule has 0 aliphatic rings. The second-order valence-corrected chi connectivity index (χ2v) is 5.25. The van der Waals surface area contributed by atoms with Gasteiger partial charge in [-0.15, -0.1) is 11.3 Å². The van der Waals surface area contributed by atoms with Crippen LogP contribution < -0.4 is 14.8 Å². The maximum Gasteiger partial charge on any atom is 0.161 e. The number of methoxy groups -OCH3 is 2. The van der Waals surface area contributed by atoms with Gasteiger partial charge in [-0.3, -0.25) is 0 Å². The van der Waals surface area contributed by atoms with Gasteiger partial charge in [0, 0.05) is 17.5 Å². The van der Waals surface area contributed by atoms with Gasteiger partial charge in [0.05, 0.1) is 19.9 Å². The van der Waals surface area contributed by atoms with E-state index < -0.39 is 0 Å². The van der Waals surface area contributed by atoms with Gasteiger partial charge in [0.2, 0.25) is 0 Å². The highest BCUT2D eigenvalue weighted by molar-refractivity contribution is 7.13. The monoisotopic (exact) mass is 292 g/mol. The SMILES string of the molecule is CCCNCc1csc(-c2ccc(OC)c(OC)c2)n1. The van der Waals surface area contributed by atoms with Gasteiger partial charge in [-0.2, -0.15) is 0 Å². The largest absolute Gasteiger partial charge is 0.493 e. The normalized spacial score (nSPS) is 10.6. The summed E-state index contributed by atoms with van der Waals surface area (Å²) in [6, 6.07) is 5.87. The Balaban J connectivity index is 2.15. The highest BCUT2D eigenvalue weighted by Gasteiger charge is 2.09. The fourth-order valence-corrected chi connectivity index (χ4v) is 2.70. The summed E-state index contributed by atoms with van der Waals surface area (Å²) in [4.78, 5) is 4.64. The molecule has 0 bridgehead atoms. The van der Waals surface area contributed by atoms with Crippen LogP contribution in [-0.2, 0) is 6.54 Å². The molecule has 4 nitrogen and oxygen atoms in total. The first kappa shape index (κ1) is 14.8. The van der Waals surface area contributed by atoms with Gasteiger partial charge < -0.3 is 14.8 Å². The fraction of sp³-hybridized carbons (Fsp3) is 0.400. The maximum absolute atomic E-state index is 5.32. The molecule has 1 N–H and O–H groups in total. The third kappa shape index (κ3) is 3.49. The number of hydrogen-bond donors (Lipinski definition) is 1. The minimum absolute atomic E-state index is 0.728. The third-order valence-electron chi connectivity index (χ3n) is 2.92. The van der Waals surface area contributed by atoms with Crippen LogP contribution in [0, 0.1) is 0 Å². The molecule has 0 aliphatic heterocycles. The summed E-state index contributed by atoms with van der Waals surface area (Å²) in [6.45, 7) is 3.99. The van der Waals surface area contributed by atoms with Gasteiger partial charge in [-0.05, 0) is 31.2 Å². The third-order valence-corrected chi connectivity index (χ3v) is 3.86. The highest BCUT2D eigenvalue weighted by Crippen LogP contribution is 2.33. The zero-order chi connectivity index (χ0) is 14.4. The van der Waals surface area contributed by atoms with Crippen LogP contribution in [0.1, 0.15) is 19.0 Å². The minimum atomic E-state index is 0.728. The number of ether oxygens (including phenoxy) is 2. The number of hydrogen-bond acceptors (Lipinski definition) is 5. The smallest absolute Gasteiger partial charge is 0.161 e. The van der Waals surface area contributed by atoms with Crippen molar-refractivity contribution >= 4 is 11.3 Å². The second kappa shape index (κ2) is 7.26. The molecular weight excluding hydrogens is 272 g/mol. The van der Waals surface area contributed by atoms with Gasteiger partial charge >= 0.3 is 0 Å². The van der Waals surface area contributed by atoms with Crippen LogP contribution >= 0.6 is 11.3 Å². The van der Waals surface area contributed by atoms with E-state index >= 15 is 0 Å². The van der Waals surface area contributed by atoms with Crippen LogP contribution in [0.15, 0.2) is 23.6 Å². The van der Waals surface area contributed by atoms with E-state index in [0.29, 0.717) is 0 Å². The van der Waals surface area contributed by atoms with Crippen molar-refractivity contribution in [2.75, 3.05) is 20.8 Å². The molecular formula is C15H20N2O2S. The van der Waals surface area contributed by atoms with Crippen LogP contribution in [-0.4, -0.2) is 25.7 Å². The maximum atomic E-state index is 5.32. The molecule has 0 amide bonds. The molecule has 0 saturated carbocycles. The average molecular weight is 292 g/mol. The Hall–Kier alpha value is -1.59. The molecule has 20 heavy (non-hydrogen) atoms. The molecule has 2 rings (SSSR count). The molecule has 0 saturated heterocycles. The molecule has 1 heterocycles. The van der Waals surface area contributed by atoms with Crippen molar-refractivity contribution in [3.8, 4) is 22.1 Å². The first-order valence-corrected chi connectivity index (χ1v) is 7.54. The minimum Gasteiger partial charge on any atom is -0.493 e. The standard InChI is InChI=1S/C15H20N2O2S/c1-4-7-16-9-12-10-20-15(17-12)11-5-6-13(18-2)14(8-11)19-3/h5-6,8,10,16H,4,7,9H2,1-3H3. The van der Waals surface area contributed by atoms with Crippen molar-refractivity contribution in [2.45, 2.75) is 19.9 Å². The lowest BCUT2D eigenvalue weighted by atomic mass is 10.2. The number of rotatable bonds is 7. The molecule has 0 unspecified atom stereocenters. The van der Waals surface area contributed by atoms with E-state index in [1.807, 2.05) is 18.2 Å². The lowest BCUT2D eigenvalue weighted by Gasteiger charge is -2.08. The first-order chi connectivity index (χ1) is 9.78. The quantitative estimate of drug-likeness (QED) is 0.795. The van der Waals surface area contributed by atoms with Crippen molar-refractivity contribution in [3.63, 3.8) is 0 Å².